The minimum absolute atomic E-state index is 0.157. The molecule has 0 saturated carbocycles. The molecule has 0 saturated heterocycles. The number of thioether (sulfide) groups is 1. The summed E-state index contributed by atoms with van der Waals surface area (Å²) in [6.07, 6.45) is 3.34. The molecule has 1 N–H and O–H groups in total. The number of hydrogen-bond donors (Lipinski definition) is 1. The number of carbonyl (C=O) groups is 1. The quantitative estimate of drug-likeness (QED) is 0.748. The van der Waals surface area contributed by atoms with Gasteiger partial charge in [-0.2, -0.15) is 4.98 Å². The topological polar surface area (TPSA) is 72.2 Å². The van der Waals surface area contributed by atoms with Gasteiger partial charge in [0.05, 0.1) is 10.9 Å². The van der Waals surface area contributed by atoms with E-state index in [4.69, 9.17) is 0 Å². The molecule has 8 heteroatoms. The highest BCUT2D eigenvalue weighted by molar-refractivity contribution is 8.00. The molecule has 3 aromatic rings. The summed E-state index contributed by atoms with van der Waals surface area (Å²) >= 11 is 1.18. The first kappa shape index (κ1) is 14.5. The molecule has 0 radical (unpaired) electrons. The van der Waals surface area contributed by atoms with Gasteiger partial charge < -0.3 is 5.32 Å². The van der Waals surface area contributed by atoms with Crippen LogP contribution >= 0.6 is 11.8 Å². The van der Waals surface area contributed by atoms with E-state index in [0.717, 1.165) is 0 Å². The van der Waals surface area contributed by atoms with E-state index < -0.39 is 11.1 Å². The molecular formula is C14H12FN5OS. The van der Waals surface area contributed by atoms with Gasteiger partial charge in [0, 0.05) is 12.4 Å². The number of para-hydroxylation sites is 1. The maximum absolute atomic E-state index is 13.5. The fraction of sp³-hybridized carbons (Fsp3) is 0.143. The first-order chi connectivity index (χ1) is 10.6. The van der Waals surface area contributed by atoms with Crippen LogP contribution in [-0.4, -0.2) is 30.7 Å². The van der Waals surface area contributed by atoms with Crippen LogP contribution in [0.1, 0.15) is 6.92 Å². The summed E-state index contributed by atoms with van der Waals surface area (Å²) < 4.78 is 15.1. The second kappa shape index (κ2) is 6.10. The van der Waals surface area contributed by atoms with Gasteiger partial charge in [0.25, 0.3) is 5.78 Å². The summed E-state index contributed by atoms with van der Waals surface area (Å²) in [7, 11) is 0. The maximum atomic E-state index is 13.5. The molecule has 6 nitrogen and oxygen atoms in total. The number of halogens is 1. The molecule has 2 aromatic heterocycles. The van der Waals surface area contributed by atoms with E-state index in [2.05, 4.69) is 20.4 Å². The van der Waals surface area contributed by atoms with Crippen LogP contribution in [0.5, 0.6) is 0 Å². The van der Waals surface area contributed by atoms with Crippen molar-refractivity contribution in [2.45, 2.75) is 17.3 Å². The van der Waals surface area contributed by atoms with Crippen LogP contribution in [-0.2, 0) is 4.79 Å². The molecule has 22 heavy (non-hydrogen) atoms. The molecule has 1 atom stereocenters. The zero-order chi connectivity index (χ0) is 15.5. The number of carbonyl (C=O) groups excluding carboxylic acids is 1. The number of hydrogen-bond acceptors (Lipinski definition) is 5. The van der Waals surface area contributed by atoms with Gasteiger partial charge in [-0.1, -0.05) is 23.9 Å². The van der Waals surface area contributed by atoms with Crippen molar-refractivity contribution in [3.8, 4) is 0 Å². The fourth-order valence-corrected chi connectivity index (χ4v) is 2.52. The standard InChI is InChI=1S/C14H12FN5OS/c1-9(12(21)17-11-6-3-2-5-10(11)15)22-14-18-13-16-7-4-8-20(13)19-14/h2-9H,1H3,(H,17,21). The van der Waals surface area contributed by atoms with E-state index in [1.54, 1.807) is 37.5 Å². The van der Waals surface area contributed by atoms with Crippen molar-refractivity contribution in [2.75, 3.05) is 5.32 Å². The molecule has 0 aliphatic heterocycles. The molecule has 0 fully saturated rings. The second-order valence-electron chi connectivity index (χ2n) is 4.49. The van der Waals surface area contributed by atoms with Gasteiger partial charge in [0.15, 0.2) is 0 Å². The zero-order valence-corrected chi connectivity index (χ0v) is 12.4. The van der Waals surface area contributed by atoms with E-state index in [1.165, 1.54) is 28.4 Å². The van der Waals surface area contributed by atoms with Crippen molar-refractivity contribution in [3.05, 3.63) is 48.5 Å². The summed E-state index contributed by atoms with van der Waals surface area (Å²) in [4.78, 5) is 20.4. The zero-order valence-electron chi connectivity index (χ0n) is 11.6. The van der Waals surface area contributed by atoms with Crippen LogP contribution < -0.4 is 5.32 Å². The highest BCUT2D eigenvalue weighted by atomic mass is 32.2. The summed E-state index contributed by atoms with van der Waals surface area (Å²) in [6, 6.07) is 7.77. The van der Waals surface area contributed by atoms with Gasteiger partial charge in [-0.3, -0.25) is 4.79 Å². The smallest absolute Gasteiger partial charge is 0.253 e. The molecule has 1 aromatic carbocycles. The van der Waals surface area contributed by atoms with E-state index in [0.29, 0.717) is 10.9 Å². The van der Waals surface area contributed by atoms with Gasteiger partial charge in [0.1, 0.15) is 5.82 Å². The fourth-order valence-electron chi connectivity index (χ4n) is 1.77. The highest BCUT2D eigenvalue weighted by Crippen LogP contribution is 2.22. The van der Waals surface area contributed by atoms with Crippen molar-refractivity contribution in [1.82, 2.24) is 19.6 Å². The summed E-state index contributed by atoms with van der Waals surface area (Å²) in [5.74, 6) is -0.322. The molecule has 1 amide bonds. The lowest BCUT2D eigenvalue weighted by Crippen LogP contribution is -2.23. The van der Waals surface area contributed by atoms with Crippen molar-refractivity contribution in [1.29, 1.82) is 0 Å². The molecule has 2 heterocycles. The van der Waals surface area contributed by atoms with Gasteiger partial charge in [0.2, 0.25) is 11.1 Å². The average molecular weight is 317 g/mol. The predicted molar refractivity (Wildman–Crippen MR) is 81.1 cm³/mol. The van der Waals surface area contributed by atoms with Crippen molar-refractivity contribution < 1.29 is 9.18 Å². The lowest BCUT2D eigenvalue weighted by atomic mass is 10.3. The summed E-state index contributed by atoms with van der Waals surface area (Å²) in [5, 5.41) is 6.73. The highest BCUT2D eigenvalue weighted by Gasteiger charge is 2.18. The summed E-state index contributed by atoms with van der Waals surface area (Å²) in [6.45, 7) is 1.71. The van der Waals surface area contributed by atoms with Crippen LogP contribution in [0.25, 0.3) is 5.78 Å². The second-order valence-corrected chi connectivity index (χ2v) is 5.80. The number of benzene rings is 1. The third-order valence-electron chi connectivity index (χ3n) is 2.88. The first-order valence-corrected chi connectivity index (χ1v) is 7.41. The summed E-state index contributed by atoms with van der Waals surface area (Å²) in [5.41, 5.74) is 0.157. The lowest BCUT2D eigenvalue weighted by molar-refractivity contribution is -0.115. The number of rotatable bonds is 4. The van der Waals surface area contributed by atoms with Crippen molar-refractivity contribution in [2.24, 2.45) is 0 Å². The molecule has 3 rings (SSSR count). The molecule has 1 unspecified atom stereocenters. The lowest BCUT2D eigenvalue weighted by Gasteiger charge is -2.10. The Hall–Kier alpha value is -2.48. The van der Waals surface area contributed by atoms with Gasteiger partial charge in [-0.05, 0) is 25.1 Å². The van der Waals surface area contributed by atoms with E-state index >= 15 is 0 Å². The Labute approximate surface area is 129 Å². The maximum Gasteiger partial charge on any atom is 0.253 e. The van der Waals surface area contributed by atoms with Gasteiger partial charge in [-0.15, -0.1) is 5.10 Å². The largest absolute Gasteiger partial charge is 0.323 e. The van der Waals surface area contributed by atoms with E-state index in [-0.39, 0.29) is 11.6 Å². The predicted octanol–water partition coefficient (Wildman–Crippen LogP) is 2.38. The van der Waals surface area contributed by atoms with E-state index in [1.807, 2.05) is 0 Å². The van der Waals surface area contributed by atoms with Crippen LogP contribution in [0.3, 0.4) is 0 Å². The van der Waals surface area contributed by atoms with Crippen LogP contribution in [0.15, 0.2) is 47.9 Å². The van der Waals surface area contributed by atoms with Crippen molar-refractivity contribution in [3.63, 3.8) is 0 Å². The number of amides is 1. The monoisotopic (exact) mass is 317 g/mol. The third-order valence-corrected chi connectivity index (χ3v) is 3.83. The Bertz CT molecular complexity index is 789. The number of anilines is 1. The Kier molecular flexibility index (Phi) is 4.01. The third kappa shape index (κ3) is 3.06. The SMILES string of the molecule is CC(Sc1nc2ncccn2n1)C(=O)Nc1ccccc1F. The van der Waals surface area contributed by atoms with Crippen LogP contribution in [0, 0.1) is 5.82 Å². The van der Waals surface area contributed by atoms with E-state index in [9.17, 15) is 9.18 Å². The Morgan fingerprint density at radius 3 is 2.95 bits per heavy atom. The number of nitrogens with one attached hydrogen (secondary N) is 1. The average Bonchev–Trinajstić information content (AvgIpc) is 2.91. The molecule has 0 aliphatic carbocycles. The molecule has 0 spiro atoms. The number of nitrogens with zero attached hydrogens (tertiary/aromatic N) is 4. The van der Waals surface area contributed by atoms with Gasteiger partial charge in [-0.25, -0.2) is 13.9 Å². The molecular weight excluding hydrogens is 305 g/mol. The Balaban J connectivity index is 1.69. The van der Waals surface area contributed by atoms with Gasteiger partial charge >= 0.3 is 0 Å². The van der Waals surface area contributed by atoms with Crippen molar-refractivity contribution >= 4 is 29.1 Å². The molecule has 0 bridgehead atoms. The first-order valence-electron chi connectivity index (χ1n) is 6.53. The normalized spacial score (nSPS) is 12.3. The number of aromatic nitrogens is 4. The van der Waals surface area contributed by atoms with Crippen LogP contribution in [0.2, 0.25) is 0 Å². The molecule has 0 aliphatic rings. The Morgan fingerprint density at radius 2 is 2.18 bits per heavy atom. The minimum atomic E-state index is -0.475. The molecule has 112 valence electrons. The minimum Gasteiger partial charge on any atom is -0.323 e. The van der Waals surface area contributed by atoms with Crippen LogP contribution in [0.4, 0.5) is 10.1 Å². The number of fused-ring (bicyclic) bond motifs is 1. The Morgan fingerprint density at radius 1 is 1.36 bits per heavy atom.